The van der Waals surface area contributed by atoms with E-state index in [9.17, 15) is 9.90 Å². The minimum atomic E-state index is -1.42. The predicted molar refractivity (Wildman–Crippen MR) is 151 cm³/mol. The summed E-state index contributed by atoms with van der Waals surface area (Å²) < 4.78 is 16.9. The Labute approximate surface area is 226 Å². The highest BCUT2D eigenvalue weighted by molar-refractivity contribution is 5.63. The normalized spacial score (nSPS) is 11.3. The van der Waals surface area contributed by atoms with Gasteiger partial charge in [0.2, 0.25) is 0 Å². The van der Waals surface area contributed by atoms with Crippen molar-refractivity contribution >= 4 is 6.16 Å². The van der Waals surface area contributed by atoms with Crippen molar-refractivity contribution in [1.29, 1.82) is 0 Å². The lowest BCUT2D eigenvalue weighted by Gasteiger charge is -2.19. The number of carboxylic acid groups (broad SMARTS) is 1. The van der Waals surface area contributed by atoms with E-state index in [1.54, 1.807) is 6.07 Å². The average Bonchev–Trinajstić information content (AvgIpc) is 2.88. The standard InChI is InChI=1S/C31H54O6/c1-3-5-7-9-14-18-25-35-29(36-26-19-15-10-8-6-4-2)24-17-13-11-12-16-21-27-22-20-23-28(30(27)32)37-31(33)34/h20,22-23,29,32H,3-19,21,24-26H2,1-2H3,(H,33,34). The van der Waals surface area contributed by atoms with Gasteiger partial charge in [0.25, 0.3) is 0 Å². The average molecular weight is 523 g/mol. The van der Waals surface area contributed by atoms with Crippen molar-refractivity contribution in [2.24, 2.45) is 0 Å². The fraction of sp³-hybridized carbons (Fsp3) is 0.774. The van der Waals surface area contributed by atoms with Gasteiger partial charge in [-0.2, -0.15) is 0 Å². The maximum atomic E-state index is 10.7. The van der Waals surface area contributed by atoms with Crippen LogP contribution in [0.2, 0.25) is 0 Å². The summed E-state index contributed by atoms with van der Waals surface area (Å²) in [6.45, 7) is 6.08. The highest BCUT2D eigenvalue weighted by atomic mass is 16.7. The molecule has 0 amide bonds. The molecule has 0 atom stereocenters. The van der Waals surface area contributed by atoms with E-state index in [2.05, 4.69) is 18.6 Å². The summed E-state index contributed by atoms with van der Waals surface area (Å²) in [6.07, 6.45) is 20.7. The molecule has 2 N–H and O–H groups in total. The molecule has 214 valence electrons. The van der Waals surface area contributed by atoms with Crippen molar-refractivity contribution in [3.63, 3.8) is 0 Å². The first kappa shape index (κ1) is 33.2. The van der Waals surface area contributed by atoms with E-state index < -0.39 is 6.16 Å². The minimum absolute atomic E-state index is 0.00189. The molecular weight excluding hydrogens is 468 g/mol. The Bertz CT molecular complexity index is 660. The van der Waals surface area contributed by atoms with Gasteiger partial charge in [0.05, 0.1) is 0 Å². The Morgan fingerprint density at radius 3 is 1.81 bits per heavy atom. The molecule has 0 aliphatic heterocycles. The second-order valence-electron chi connectivity index (χ2n) is 10.1. The van der Waals surface area contributed by atoms with Crippen LogP contribution in [0.25, 0.3) is 0 Å². The molecule has 1 aromatic carbocycles. The molecule has 0 heterocycles. The largest absolute Gasteiger partial charge is 0.511 e. The van der Waals surface area contributed by atoms with Gasteiger partial charge in [-0.05, 0) is 50.2 Å². The molecule has 0 unspecified atom stereocenters. The third-order valence-electron chi connectivity index (χ3n) is 6.77. The Hall–Kier alpha value is -1.79. The minimum Gasteiger partial charge on any atom is -0.504 e. The van der Waals surface area contributed by atoms with Crippen LogP contribution < -0.4 is 4.74 Å². The van der Waals surface area contributed by atoms with Crippen molar-refractivity contribution in [1.82, 2.24) is 0 Å². The Morgan fingerprint density at radius 1 is 0.730 bits per heavy atom. The zero-order valence-electron chi connectivity index (χ0n) is 23.7. The number of aromatic hydroxyl groups is 1. The maximum absolute atomic E-state index is 10.7. The number of unbranched alkanes of at least 4 members (excludes halogenated alkanes) is 14. The van der Waals surface area contributed by atoms with Gasteiger partial charge in [-0.3, -0.25) is 0 Å². The molecule has 6 nitrogen and oxygen atoms in total. The number of carbonyl (C=O) groups is 1. The van der Waals surface area contributed by atoms with Gasteiger partial charge >= 0.3 is 6.16 Å². The zero-order valence-corrected chi connectivity index (χ0v) is 23.7. The number of phenolic OH excluding ortho intramolecular Hbond substituents is 1. The molecule has 1 aromatic rings. The second-order valence-corrected chi connectivity index (χ2v) is 10.1. The number of rotatable bonds is 25. The number of para-hydroxylation sites is 1. The van der Waals surface area contributed by atoms with Crippen molar-refractivity contribution in [2.45, 2.75) is 142 Å². The Balaban J connectivity index is 2.24. The van der Waals surface area contributed by atoms with Crippen LogP contribution >= 0.6 is 0 Å². The summed E-state index contributed by atoms with van der Waals surface area (Å²) in [7, 11) is 0. The van der Waals surface area contributed by atoms with E-state index in [1.807, 2.05) is 6.07 Å². The molecule has 37 heavy (non-hydrogen) atoms. The molecule has 0 bridgehead atoms. The van der Waals surface area contributed by atoms with Crippen LogP contribution in [0.4, 0.5) is 4.79 Å². The fourth-order valence-electron chi connectivity index (χ4n) is 4.51. The number of hydrogen-bond donors (Lipinski definition) is 2. The first-order valence-corrected chi connectivity index (χ1v) is 15.0. The molecule has 0 fully saturated rings. The molecule has 0 aliphatic rings. The smallest absolute Gasteiger partial charge is 0.504 e. The number of aryl methyl sites for hydroxylation is 1. The van der Waals surface area contributed by atoms with Gasteiger partial charge in [-0.1, -0.05) is 109 Å². The number of ether oxygens (including phenoxy) is 3. The van der Waals surface area contributed by atoms with E-state index in [-0.39, 0.29) is 17.8 Å². The van der Waals surface area contributed by atoms with E-state index in [1.165, 1.54) is 70.3 Å². The van der Waals surface area contributed by atoms with Crippen molar-refractivity contribution in [2.75, 3.05) is 13.2 Å². The maximum Gasteiger partial charge on any atom is 0.511 e. The lowest BCUT2D eigenvalue weighted by molar-refractivity contribution is -0.148. The van der Waals surface area contributed by atoms with Crippen LogP contribution in [0.1, 0.15) is 135 Å². The molecule has 0 aliphatic carbocycles. The quantitative estimate of drug-likeness (QED) is 0.0576. The summed E-state index contributed by atoms with van der Waals surface area (Å²) in [4.78, 5) is 10.7. The summed E-state index contributed by atoms with van der Waals surface area (Å²) in [5, 5.41) is 19.0. The Morgan fingerprint density at radius 2 is 1.24 bits per heavy atom. The molecule has 0 spiro atoms. The molecule has 0 saturated heterocycles. The Kier molecular flexibility index (Phi) is 21.0. The monoisotopic (exact) mass is 522 g/mol. The van der Waals surface area contributed by atoms with Gasteiger partial charge in [0.1, 0.15) is 0 Å². The molecule has 6 heteroatoms. The number of hydrogen-bond acceptors (Lipinski definition) is 5. The zero-order chi connectivity index (χ0) is 27.0. The molecule has 0 aromatic heterocycles. The molecule has 0 saturated carbocycles. The van der Waals surface area contributed by atoms with Crippen LogP contribution in [0.3, 0.4) is 0 Å². The summed E-state index contributed by atoms with van der Waals surface area (Å²) in [5.41, 5.74) is 0.727. The molecule has 0 radical (unpaired) electrons. The first-order chi connectivity index (χ1) is 18.1. The third-order valence-corrected chi connectivity index (χ3v) is 6.77. The number of benzene rings is 1. The summed E-state index contributed by atoms with van der Waals surface area (Å²) in [6, 6.07) is 4.99. The lowest BCUT2D eigenvalue weighted by atomic mass is 10.0. The second kappa shape index (κ2) is 23.3. The summed E-state index contributed by atoms with van der Waals surface area (Å²) >= 11 is 0. The number of phenols is 1. The van der Waals surface area contributed by atoms with E-state index in [0.29, 0.717) is 6.42 Å². The van der Waals surface area contributed by atoms with Crippen LogP contribution in [-0.2, 0) is 15.9 Å². The highest BCUT2D eigenvalue weighted by Gasteiger charge is 2.12. The van der Waals surface area contributed by atoms with Gasteiger partial charge in [-0.25, -0.2) is 4.79 Å². The van der Waals surface area contributed by atoms with Gasteiger partial charge in [0, 0.05) is 13.2 Å². The van der Waals surface area contributed by atoms with E-state index >= 15 is 0 Å². The van der Waals surface area contributed by atoms with Crippen LogP contribution in [0.5, 0.6) is 11.5 Å². The van der Waals surface area contributed by atoms with Crippen LogP contribution in [0, 0.1) is 0 Å². The van der Waals surface area contributed by atoms with E-state index in [4.69, 9.17) is 14.6 Å². The lowest BCUT2D eigenvalue weighted by Crippen LogP contribution is -2.19. The predicted octanol–water partition coefficient (Wildman–Crippen LogP) is 9.41. The van der Waals surface area contributed by atoms with Gasteiger partial charge in [-0.15, -0.1) is 0 Å². The summed E-state index contributed by atoms with van der Waals surface area (Å²) in [5.74, 6) is -0.0734. The van der Waals surface area contributed by atoms with Crippen molar-refractivity contribution < 1.29 is 29.2 Å². The van der Waals surface area contributed by atoms with E-state index in [0.717, 1.165) is 70.1 Å². The van der Waals surface area contributed by atoms with Crippen LogP contribution in [-0.4, -0.2) is 35.9 Å². The molecular formula is C31H54O6. The third kappa shape index (κ3) is 18.2. The van der Waals surface area contributed by atoms with Crippen molar-refractivity contribution in [3.8, 4) is 11.5 Å². The van der Waals surface area contributed by atoms with Gasteiger partial charge in [0.15, 0.2) is 17.8 Å². The van der Waals surface area contributed by atoms with Crippen molar-refractivity contribution in [3.05, 3.63) is 23.8 Å². The topological polar surface area (TPSA) is 85.2 Å². The molecule has 1 rings (SSSR count). The SMILES string of the molecule is CCCCCCCCOC(CCCCCCCc1cccc(OC(=O)O)c1O)OCCCCCCCC. The first-order valence-electron chi connectivity index (χ1n) is 15.0. The van der Waals surface area contributed by atoms with Gasteiger partial charge < -0.3 is 24.4 Å². The van der Waals surface area contributed by atoms with Crippen LogP contribution in [0.15, 0.2) is 18.2 Å². The fourth-order valence-corrected chi connectivity index (χ4v) is 4.51. The highest BCUT2D eigenvalue weighted by Crippen LogP contribution is 2.31.